The number of benzene rings is 1. The summed E-state index contributed by atoms with van der Waals surface area (Å²) >= 11 is 0. The molecular weight excluding hydrogens is 392 g/mol. The molecule has 1 atom stereocenters. The van der Waals surface area contributed by atoms with Crippen LogP contribution in [0.5, 0.6) is 0 Å². The lowest BCUT2D eigenvalue weighted by molar-refractivity contribution is -0.129. The van der Waals surface area contributed by atoms with Crippen molar-refractivity contribution < 1.29 is 14.6 Å². The second-order valence-electron chi connectivity index (χ2n) is 8.06. The van der Waals surface area contributed by atoms with Crippen LogP contribution in [0.4, 0.5) is 0 Å². The van der Waals surface area contributed by atoms with Crippen molar-refractivity contribution in [2.75, 3.05) is 33.9 Å². The molecule has 168 valence electrons. The van der Waals surface area contributed by atoms with Gasteiger partial charge >= 0.3 is 0 Å². The highest BCUT2D eigenvalue weighted by atomic mass is 16.5. The molecule has 1 aromatic rings. The molecule has 1 unspecified atom stereocenters. The number of ether oxygens (including phenoxy) is 1. The van der Waals surface area contributed by atoms with Crippen LogP contribution in [0.1, 0.15) is 30.9 Å². The number of rotatable bonds is 9. The standard InChI is InChI=1S/C24H34N4O3/c1-7-31-18(3)15-21-26(6)23-22(28(21)16-20-11-9-17(2)10-12-20)24(30)27(13-8-14-29)19(4)25(23)5/h9-12,21,29H,3-4,7-8,13-16H2,1-2,5-6H3. The van der Waals surface area contributed by atoms with Crippen molar-refractivity contribution in [3.8, 4) is 0 Å². The van der Waals surface area contributed by atoms with E-state index in [1.165, 1.54) is 5.56 Å². The summed E-state index contributed by atoms with van der Waals surface area (Å²) in [6.07, 6.45) is 0.967. The lowest BCUT2D eigenvalue weighted by Crippen LogP contribution is -2.46. The number of amides is 1. The third-order valence-corrected chi connectivity index (χ3v) is 5.88. The fourth-order valence-electron chi connectivity index (χ4n) is 4.20. The fourth-order valence-corrected chi connectivity index (χ4v) is 4.20. The van der Waals surface area contributed by atoms with Crippen LogP contribution in [0.3, 0.4) is 0 Å². The Labute approximate surface area is 185 Å². The van der Waals surface area contributed by atoms with E-state index in [4.69, 9.17) is 4.74 Å². The van der Waals surface area contributed by atoms with Gasteiger partial charge in [0.05, 0.1) is 12.4 Å². The molecule has 2 aliphatic heterocycles. The fraction of sp³-hybridized carbons (Fsp3) is 0.458. The maximum absolute atomic E-state index is 13.6. The molecular formula is C24H34N4O3. The van der Waals surface area contributed by atoms with Crippen LogP contribution in [-0.2, 0) is 16.1 Å². The number of hydrogen-bond donors (Lipinski definition) is 1. The van der Waals surface area contributed by atoms with Gasteiger partial charge in [0.1, 0.15) is 23.5 Å². The summed E-state index contributed by atoms with van der Waals surface area (Å²) in [6.45, 7) is 13.8. The normalized spacial score (nSPS) is 18.8. The zero-order chi connectivity index (χ0) is 22.7. The molecule has 2 aliphatic rings. The van der Waals surface area contributed by atoms with Crippen molar-refractivity contribution in [2.24, 2.45) is 0 Å². The topological polar surface area (TPSA) is 59.5 Å². The van der Waals surface area contributed by atoms with Gasteiger partial charge in [-0.2, -0.15) is 0 Å². The molecule has 0 saturated carbocycles. The molecule has 0 spiro atoms. The minimum atomic E-state index is -0.109. The molecule has 0 bridgehead atoms. The molecule has 31 heavy (non-hydrogen) atoms. The van der Waals surface area contributed by atoms with Gasteiger partial charge in [0.2, 0.25) is 0 Å². The van der Waals surface area contributed by atoms with Crippen molar-refractivity contribution in [3.63, 3.8) is 0 Å². The van der Waals surface area contributed by atoms with Crippen LogP contribution in [0.15, 0.2) is 60.5 Å². The van der Waals surface area contributed by atoms with E-state index in [0.29, 0.717) is 49.8 Å². The number of aliphatic hydroxyl groups is 1. The van der Waals surface area contributed by atoms with E-state index in [0.717, 1.165) is 11.4 Å². The van der Waals surface area contributed by atoms with E-state index in [2.05, 4.69) is 54.1 Å². The lowest BCUT2D eigenvalue weighted by Gasteiger charge is -2.38. The number of carbonyl (C=O) groups is 1. The molecule has 0 aliphatic carbocycles. The van der Waals surface area contributed by atoms with Gasteiger partial charge in [-0.15, -0.1) is 0 Å². The molecule has 0 aromatic heterocycles. The summed E-state index contributed by atoms with van der Waals surface area (Å²) in [5, 5.41) is 9.29. The second kappa shape index (κ2) is 9.47. The molecule has 1 aromatic carbocycles. The Morgan fingerprint density at radius 2 is 1.90 bits per heavy atom. The van der Waals surface area contributed by atoms with Gasteiger partial charge in [0.25, 0.3) is 5.91 Å². The molecule has 1 N–H and O–H groups in total. The van der Waals surface area contributed by atoms with Crippen molar-refractivity contribution in [2.45, 2.75) is 39.4 Å². The SMILES string of the molecule is C=C(CC1N(C)C2=C(C(=O)N(CCCO)C(=C)N2C)N1Cc1ccc(C)cc1)OCC. The van der Waals surface area contributed by atoms with Gasteiger partial charge in [-0.3, -0.25) is 9.69 Å². The number of carbonyl (C=O) groups excluding carboxylic acids is 1. The number of nitrogens with zero attached hydrogens (tertiary/aromatic N) is 4. The van der Waals surface area contributed by atoms with Gasteiger partial charge in [-0.1, -0.05) is 43.0 Å². The summed E-state index contributed by atoms with van der Waals surface area (Å²) in [7, 11) is 3.92. The van der Waals surface area contributed by atoms with Crippen LogP contribution < -0.4 is 0 Å². The molecule has 3 rings (SSSR count). The minimum Gasteiger partial charge on any atom is -0.499 e. The monoisotopic (exact) mass is 426 g/mol. The minimum absolute atomic E-state index is 0.0243. The Hall–Kier alpha value is -2.93. The quantitative estimate of drug-likeness (QED) is 0.613. The van der Waals surface area contributed by atoms with Crippen LogP contribution in [0.25, 0.3) is 0 Å². The zero-order valence-electron chi connectivity index (χ0n) is 19.1. The molecule has 0 saturated heterocycles. The average molecular weight is 427 g/mol. The van der Waals surface area contributed by atoms with E-state index in [1.54, 1.807) is 4.90 Å². The van der Waals surface area contributed by atoms with Gasteiger partial charge in [0.15, 0.2) is 0 Å². The number of aryl methyl sites for hydroxylation is 1. The van der Waals surface area contributed by atoms with Crippen molar-refractivity contribution >= 4 is 5.91 Å². The van der Waals surface area contributed by atoms with Crippen LogP contribution in [0.2, 0.25) is 0 Å². The first-order chi connectivity index (χ1) is 14.8. The molecule has 0 radical (unpaired) electrons. The largest absolute Gasteiger partial charge is 0.499 e. The highest BCUT2D eigenvalue weighted by Gasteiger charge is 2.46. The molecule has 1 amide bonds. The summed E-state index contributed by atoms with van der Waals surface area (Å²) in [5.74, 6) is 2.05. The number of aliphatic hydroxyl groups excluding tert-OH is 1. The highest BCUT2D eigenvalue weighted by Crippen LogP contribution is 2.40. The first-order valence-corrected chi connectivity index (χ1v) is 10.7. The van der Waals surface area contributed by atoms with E-state index in [9.17, 15) is 9.90 Å². The lowest BCUT2D eigenvalue weighted by atomic mass is 10.1. The Bertz CT molecular complexity index is 877. The Kier molecular flexibility index (Phi) is 6.95. The predicted molar refractivity (Wildman–Crippen MR) is 121 cm³/mol. The first-order valence-electron chi connectivity index (χ1n) is 10.7. The molecule has 7 nitrogen and oxygen atoms in total. The number of hydrogen-bond acceptors (Lipinski definition) is 6. The molecule has 0 fully saturated rings. The third-order valence-electron chi connectivity index (χ3n) is 5.88. The van der Waals surface area contributed by atoms with E-state index >= 15 is 0 Å². The van der Waals surface area contributed by atoms with Crippen molar-refractivity contribution in [1.82, 2.24) is 19.6 Å². The van der Waals surface area contributed by atoms with Gasteiger partial charge in [0, 0.05) is 40.2 Å². The smallest absolute Gasteiger partial charge is 0.279 e. The van der Waals surface area contributed by atoms with E-state index < -0.39 is 0 Å². The van der Waals surface area contributed by atoms with Crippen molar-refractivity contribution in [3.05, 3.63) is 71.6 Å². The van der Waals surface area contributed by atoms with Gasteiger partial charge < -0.3 is 24.5 Å². The zero-order valence-corrected chi connectivity index (χ0v) is 19.1. The van der Waals surface area contributed by atoms with Crippen LogP contribution >= 0.6 is 0 Å². The Morgan fingerprint density at radius 1 is 1.23 bits per heavy atom. The second-order valence-corrected chi connectivity index (χ2v) is 8.06. The summed E-state index contributed by atoms with van der Waals surface area (Å²) in [6, 6.07) is 8.37. The predicted octanol–water partition coefficient (Wildman–Crippen LogP) is 2.81. The maximum atomic E-state index is 13.6. The highest BCUT2D eigenvalue weighted by molar-refractivity contribution is 5.96. The Morgan fingerprint density at radius 3 is 2.52 bits per heavy atom. The maximum Gasteiger partial charge on any atom is 0.279 e. The van der Waals surface area contributed by atoms with Crippen LogP contribution in [-0.4, -0.2) is 70.6 Å². The summed E-state index contributed by atoms with van der Waals surface area (Å²) < 4.78 is 5.65. The average Bonchev–Trinajstić information content (AvgIpc) is 3.00. The molecule has 7 heteroatoms. The van der Waals surface area contributed by atoms with Gasteiger partial charge in [-0.25, -0.2) is 0 Å². The van der Waals surface area contributed by atoms with Crippen molar-refractivity contribution in [1.29, 1.82) is 0 Å². The summed E-state index contributed by atoms with van der Waals surface area (Å²) in [5.41, 5.74) is 2.97. The first kappa shape index (κ1) is 22.7. The third kappa shape index (κ3) is 4.42. The van der Waals surface area contributed by atoms with E-state index in [-0.39, 0.29) is 18.7 Å². The van der Waals surface area contributed by atoms with Gasteiger partial charge in [-0.05, 0) is 25.8 Å². The van der Waals surface area contributed by atoms with E-state index in [1.807, 2.05) is 25.9 Å². The Balaban J connectivity index is 2.00. The molecule has 2 heterocycles. The summed E-state index contributed by atoms with van der Waals surface area (Å²) in [4.78, 5) is 21.5. The van der Waals surface area contributed by atoms with Crippen LogP contribution in [0, 0.1) is 6.92 Å².